The highest BCUT2D eigenvalue weighted by atomic mass is 16.4. The zero-order chi connectivity index (χ0) is 15.1. The van der Waals surface area contributed by atoms with Gasteiger partial charge >= 0.3 is 12.0 Å². The fraction of sp³-hybridized carbons (Fsp3) is 0.615. The summed E-state index contributed by atoms with van der Waals surface area (Å²) in [5, 5.41) is 15.8. The van der Waals surface area contributed by atoms with E-state index in [1.54, 1.807) is 10.9 Å². The molecule has 0 aromatic carbocycles. The van der Waals surface area contributed by atoms with E-state index in [4.69, 9.17) is 5.11 Å². The minimum absolute atomic E-state index is 0.122. The quantitative estimate of drug-likeness (QED) is 0.785. The number of nitrogens with one attached hydrogen (secondary N) is 1. The summed E-state index contributed by atoms with van der Waals surface area (Å²) >= 11 is 0. The Bertz CT molecular complexity index is 433. The smallest absolute Gasteiger partial charge is 0.323 e. The number of carboxylic acids is 1. The van der Waals surface area contributed by atoms with Gasteiger partial charge in [0.15, 0.2) is 0 Å². The van der Waals surface area contributed by atoms with E-state index < -0.39 is 5.97 Å². The second-order valence-corrected chi connectivity index (χ2v) is 4.86. The topological polar surface area (TPSA) is 87.5 Å². The Balaban J connectivity index is 2.58. The van der Waals surface area contributed by atoms with Crippen LogP contribution in [0, 0.1) is 0 Å². The van der Waals surface area contributed by atoms with Crippen molar-refractivity contribution < 1.29 is 14.7 Å². The summed E-state index contributed by atoms with van der Waals surface area (Å²) in [6, 6.07) is 1.19. The molecule has 2 atom stereocenters. The Labute approximate surface area is 118 Å². The van der Waals surface area contributed by atoms with E-state index >= 15 is 0 Å². The van der Waals surface area contributed by atoms with Crippen molar-refractivity contribution in [3.63, 3.8) is 0 Å². The Kier molecular flexibility index (Phi) is 6.02. The lowest BCUT2D eigenvalue weighted by molar-refractivity contribution is -0.138. The number of carboxylic acid groups (broad SMARTS) is 1. The molecule has 2 amide bonds. The summed E-state index contributed by atoms with van der Waals surface area (Å²) in [7, 11) is 0. The van der Waals surface area contributed by atoms with Crippen LogP contribution in [0.5, 0.6) is 0 Å². The average molecular weight is 282 g/mol. The van der Waals surface area contributed by atoms with Crippen LogP contribution in [0.2, 0.25) is 0 Å². The van der Waals surface area contributed by atoms with E-state index in [1.807, 2.05) is 33.0 Å². The highest BCUT2D eigenvalue weighted by Gasteiger charge is 2.22. The predicted octanol–water partition coefficient (Wildman–Crippen LogP) is 1.17. The Morgan fingerprint density at radius 1 is 1.45 bits per heavy atom. The minimum Gasteiger partial charge on any atom is -0.480 e. The third kappa shape index (κ3) is 4.91. The van der Waals surface area contributed by atoms with E-state index in [0.29, 0.717) is 13.0 Å². The first-order chi connectivity index (χ1) is 9.43. The highest BCUT2D eigenvalue weighted by molar-refractivity contribution is 5.80. The van der Waals surface area contributed by atoms with Crippen LogP contribution in [-0.4, -0.2) is 50.4 Å². The molecule has 1 aromatic rings. The van der Waals surface area contributed by atoms with Crippen LogP contribution in [0.4, 0.5) is 4.79 Å². The molecule has 0 saturated heterocycles. The lowest BCUT2D eigenvalue weighted by Gasteiger charge is -2.28. The Morgan fingerprint density at radius 2 is 2.15 bits per heavy atom. The molecule has 0 aliphatic heterocycles. The van der Waals surface area contributed by atoms with E-state index in [9.17, 15) is 9.59 Å². The second kappa shape index (κ2) is 7.52. The van der Waals surface area contributed by atoms with Crippen LogP contribution >= 0.6 is 0 Å². The fourth-order valence-corrected chi connectivity index (χ4v) is 1.82. The number of carbonyl (C=O) groups is 2. The molecule has 0 bridgehead atoms. The Hall–Kier alpha value is -2.05. The summed E-state index contributed by atoms with van der Waals surface area (Å²) in [4.78, 5) is 24.3. The lowest BCUT2D eigenvalue weighted by atomic mass is 10.2. The largest absolute Gasteiger partial charge is 0.480 e. The maximum Gasteiger partial charge on any atom is 0.323 e. The van der Waals surface area contributed by atoms with Crippen molar-refractivity contribution >= 4 is 12.0 Å². The van der Waals surface area contributed by atoms with Gasteiger partial charge in [-0.15, -0.1) is 0 Å². The van der Waals surface area contributed by atoms with Gasteiger partial charge in [-0.05, 0) is 26.3 Å². The van der Waals surface area contributed by atoms with Gasteiger partial charge in [0.25, 0.3) is 0 Å². The number of nitrogens with zero attached hydrogens (tertiary/aromatic N) is 3. The van der Waals surface area contributed by atoms with Crippen molar-refractivity contribution in [2.45, 2.75) is 45.8 Å². The molecule has 2 unspecified atom stereocenters. The number of aliphatic carboxylic acids is 1. The summed E-state index contributed by atoms with van der Waals surface area (Å²) in [5.41, 5.74) is 0. The van der Waals surface area contributed by atoms with Crippen LogP contribution < -0.4 is 5.32 Å². The van der Waals surface area contributed by atoms with E-state index in [1.165, 1.54) is 4.90 Å². The van der Waals surface area contributed by atoms with E-state index in [0.717, 1.165) is 0 Å². The van der Waals surface area contributed by atoms with E-state index in [-0.39, 0.29) is 24.7 Å². The van der Waals surface area contributed by atoms with E-state index in [2.05, 4.69) is 10.4 Å². The monoisotopic (exact) mass is 282 g/mol. The molecule has 1 rings (SSSR count). The molecule has 0 fully saturated rings. The van der Waals surface area contributed by atoms with Gasteiger partial charge in [-0.25, -0.2) is 4.79 Å². The highest BCUT2D eigenvalue weighted by Crippen LogP contribution is 2.04. The number of rotatable bonds is 7. The molecule has 7 heteroatoms. The van der Waals surface area contributed by atoms with Gasteiger partial charge in [0.1, 0.15) is 6.54 Å². The van der Waals surface area contributed by atoms with Gasteiger partial charge in [-0.1, -0.05) is 6.92 Å². The summed E-state index contributed by atoms with van der Waals surface area (Å²) in [5.74, 6) is -1.01. The molecule has 0 spiro atoms. The van der Waals surface area contributed by atoms with Gasteiger partial charge < -0.3 is 15.3 Å². The molecular weight excluding hydrogens is 260 g/mol. The fourth-order valence-electron chi connectivity index (χ4n) is 1.82. The molecule has 1 aromatic heterocycles. The molecule has 0 radical (unpaired) electrons. The molecule has 7 nitrogen and oxygen atoms in total. The van der Waals surface area contributed by atoms with Crippen molar-refractivity contribution in [1.82, 2.24) is 20.0 Å². The first-order valence-electron chi connectivity index (χ1n) is 6.70. The Morgan fingerprint density at radius 3 is 2.65 bits per heavy atom. The van der Waals surface area contributed by atoms with Gasteiger partial charge in [-0.3, -0.25) is 9.48 Å². The zero-order valence-corrected chi connectivity index (χ0v) is 12.1. The molecule has 0 aliphatic carbocycles. The van der Waals surface area contributed by atoms with Crippen molar-refractivity contribution in [3.05, 3.63) is 18.5 Å². The molecule has 20 heavy (non-hydrogen) atoms. The number of amides is 2. The first-order valence-corrected chi connectivity index (χ1v) is 6.70. The predicted molar refractivity (Wildman–Crippen MR) is 74.3 cm³/mol. The summed E-state index contributed by atoms with van der Waals surface area (Å²) in [6.07, 6.45) is 4.19. The zero-order valence-electron chi connectivity index (χ0n) is 12.1. The van der Waals surface area contributed by atoms with Crippen LogP contribution in [-0.2, 0) is 11.3 Å². The molecule has 112 valence electrons. The van der Waals surface area contributed by atoms with Crippen LogP contribution in [0.15, 0.2) is 18.5 Å². The minimum atomic E-state index is -1.01. The number of urea groups is 1. The van der Waals surface area contributed by atoms with Crippen LogP contribution in [0.3, 0.4) is 0 Å². The van der Waals surface area contributed by atoms with Gasteiger partial charge in [0.05, 0.1) is 6.54 Å². The van der Waals surface area contributed by atoms with Crippen molar-refractivity contribution in [2.75, 3.05) is 6.54 Å². The molecule has 0 aliphatic rings. The van der Waals surface area contributed by atoms with Crippen LogP contribution in [0.25, 0.3) is 0 Å². The SMILES string of the molecule is CCC(C)N(CC(=O)O)C(=O)NC(C)Cn1cccn1. The number of hydrogen-bond acceptors (Lipinski definition) is 3. The van der Waals surface area contributed by atoms with Gasteiger partial charge in [0.2, 0.25) is 0 Å². The normalized spacial score (nSPS) is 13.6. The average Bonchev–Trinajstić information content (AvgIpc) is 2.87. The lowest BCUT2D eigenvalue weighted by Crippen LogP contribution is -2.50. The molecule has 0 saturated carbocycles. The third-order valence-electron chi connectivity index (χ3n) is 3.08. The maximum atomic E-state index is 12.1. The van der Waals surface area contributed by atoms with Crippen LogP contribution in [0.1, 0.15) is 27.2 Å². The standard InChI is InChI=1S/C13H22N4O3/c1-4-11(3)17(9-12(18)19)13(20)15-10(2)8-16-7-5-6-14-16/h5-7,10-11H,4,8-9H2,1-3H3,(H,15,20)(H,18,19). The molecule has 1 heterocycles. The number of carbonyl (C=O) groups excluding carboxylic acids is 1. The number of aromatic nitrogens is 2. The van der Waals surface area contributed by atoms with Gasteiger partial charge in [-0.2, -0.15) is 5.10 Å². The van der Waals surface area contributed by atoms with Crippen molar-refractivity contribution in [3.8, 4) is 0 Å². The number of hydrogen-bond donors (Lipinski definition) is 2. The van der Waals surface area contributed by atoms with Gasteiger partial charge in [0, 0.05) is 24.5 Å². The third-order valence-corrected chi connectivity index (χ3v) is 3.08. The second-order valence-electron chi connectivity index (χ2n) is 4.86. The first kappa shape index (κ1) is 16.0. The summed E-state index contributed by atoms with van der Waals surface area (Å²) < 4.78 is 1.72. The maximum absolute atomic E-state index is 12.1. The van der Waals surface area contributed by atoms with Crippen molar-refractivity contribution in [1.29, 1.82) is 0 Å². The summed E-state index contributed by atoms with van der Waals surface area (Å²) in [6.45, 7) is 5.85. The van der Waals surface area contributed by atoms with Crippen molar-refractivity contribution in [2.24, 2.45) is 0 Å². The molecular formula is C13H22N4O3. The molecule has 2 N–H and O–H groups in total.